The van der Waals surface area contributed by atoms with E-state index in [1.165, 1.54) is 0 Å². The van der Waals surface area contributed by atoms with Gasteiger partial charge in [-0.15, -0.1) is 12.4 Å². The molecule has 1 aliphatic rings. The van der Waals surface area contributed by atoms with Crippen molar-refractivity contribution in [2.75, 3.05) is 14.2 Å². The summed E-state index contributed by atoms with van der Waals surface area (Å²) in [6, 6.07) is 3.66. The normalized spacial score (nSPS) is 13.1. The van der Waals surface area contributed by atoms with Gasteiger partial charge in [0.25, 0.3) is 0 Å². The van der Waals surface area contributed by atoms with Crippen LogP contribution >= 0.6 is 12.4 Å². The summed E-state index contributed by atoms with van der Waals surface area (Å²) in [6.07, 6.45) is 1.42. The zero-order valence-corrected chi connectivity index (χ0v) is 9.52. The second-order valence-electron chi connectivity index (χ2n) is 3.29. The van der Waals surface area contributed by atoms with E-state index >= 15 is 0 Å². The number of methoxy groups -OCH3 is 2. The quantitative estimate of drug-likeness (QED) is 0.779. The fourth-order valence-electron chi connectivity index (χ4n) is 1.77. The fraction of sp³-hybridized carbons (Fsp3) is 0.364. The number of carbonyl (C=O) groups is 1. The van der Waals surface area contributed by atoms with Crippen molar-refractivity contribution in [2.24, 2.45) is 0 Å². The molecule has 1 aromatic carbocycles. The molecule has 0 aromatic heterocycles. The number of rotatable bonds is 2. The van der Waals surface area contributed by atoms with E-state index in [1.807, 2.05) is 6.07 Å². The smallest absolute Gasteiger partial charge is 0.163 e. The topological polar surface area (TPSA) is 35.5 Å². The molecular weight excluding hydrogens is 216 g/mol. The number of ether oxygens (including phenoxy) is 2. The molecule has 0 aliphatic heterocycles. The number of hydrogen-bond acceptors (Lipinski definition) is 3. The first-order valence-electron chi connectivity index (χ1n) is 4.54. The minimum atomic E-state index is 0. The molecule has 0 radical (unpaired) electrons. The molecule has 1 aliphatic carbocycles. The van der Waals surface area contributed by atoms with Crippen molar-refractivity contribution >= 4 is 18.2 Å². The van der Waals surface area contributed by atoms with Crippen LogP contribution in [0.1, 0.15) is 22.3 Å². The Kier molecular flexibility index (Phi) is 3.58. The van der Waals surface area contributed by atoms with E-state index in [0.29, 0.717) is 17.9 Å². The van der Waals surface area contributed by atoms with E-state index in [9.17, 15) is 4.79 Å². The average molecular weight is 229 g/mol. The predicted molar refractivity (Wildman–Crippen MR) is 59.4 cm³/mol. The number of Topliss-reactive ketones (excluding diaryl/α,β-unsaturated/α-hetero) is 1. The SMILES string of the molecule is COc1cc2c(cc1OC)C(=O)CC2.Cl. The molecule has 2 rings (SSSR count). The van der Waals surface area contributed by atoms with Crippen LogP contribution < -0.4 is 9.47 Å². The van der Waals surface area contributed by atoms with Crippen LogP contribution in [0.5, 0.6) is 11.5 Å². The molecule has 82 valence electrons. The molecule has 0 saturated carbocycles. The zero-order valence-electron chi connectivity index (χ0n) is 8.70. The van der Waals surface area contributed by atoms with E-state index < -0.39 is 0 Å². The number of ketones is 1. The minimum Gasteiger partial charge on any atom is -0.493 e. The summed E-state index contributed by atoms with van der Waals surface area (Å²) in [7, 11) is 3.17. The highest BCUT2D eigenvalue weighted by Crippen LogP contribution is 2.34. The first-order chi connectivity index (χ1) is 6.76. The number of aryl methyl sites for hydroxylation is 1. The third kappa shape index (κ3) is 1.92. The summed E-state index contributed by atoms with van der Waals surface area (Å²) in [5, 5.41) is 0. The Morgan fingerprint density at radius 1 is 1.07 bits per heavy atom. The van der Waals surface area contributed by atoms with E-state index in [4.69, 9.17) is 9.47 Å². The van der Waals surface area contributed by atoms with Crippen molar-refractivity contribution < 1.29 is 14.3 Å². The van der Waals surface area contributed by atoms with Crippen LogP contribution in [0, 0.1) is 0 Å². The van der Waals surface area contributed by atoms with Gasteiger partial charge < -0.3 is 9.47 Å². The van der Waals surface area contributed by atoms with Crippen LogP contribution in [0.3, 0.4) is 0 Å². The van der Waals surface area contributed by atoms with E-state index in [-0.39, 0.29) is 18.2 Å². The number of fused-ring (bicyclic) bond motifs is 1. The van der Waals surface area contributed by atoms with Crippen LogP contribution in [0.25, 0.3) is 0 Å². The van der Waals surface area contributed by atoms with E-state index in [1.54, 1.807) is 20.3 Å². The first kappa shape index (κ1) is 11.9. The summed E-state index contributed by atoms with van der Waals surface area (Å²) in [5.74, 6) is 1.52. The van der Waals surface area contributed by atoms with Gasteiger partial charge in [0.15, 0.2) is 17.3 Å². The second kappa shape index (κ2) is 4.53. The lowest BCUT2D eigenvalue weighted by molar-refractivity contribution is 0.0994. The maximum Gasteiger partial charge on any atom is 0.163 e. The summed E-state index contributed by atoms with van der Waals surface area (Å²) < 4.78 is 10.3. The van der Waals surface area contributed by atoms with E-state index in [2.05, 4.69) is 0 Å². The van der Waals surface area contributed by atoms with Crippen LogP contribution in [0.2, 0.25) is 0 Å². The molecule has 0 atom stereocenters. The average Bonchev–Trinajstić information content (AvgIpc) is 2.58. The summed E-state index contributed by atoms with van der Waals surface area (Å²) in [4.78, 5) is 11.4. The number of hydrogen-bond donors (Lipinski definition) is 0. The van der Waals surface area contributed by atoms with Gasteiger partial charge in [0.2, 0.25) is 0 Å². The third-order valence-electron chi connectivity index (χ3n) is 2.53. The van der Waals surface area contributed by atoms with Crippen molar-refractivity contribution in [1.82, 2.24) is 0 Å². The van der Waals surface area contributed by atoms with Gasteiger partial charge in [0, 0.05) is 12.0 Å². The minimum absolute atomic E-state index is 0. The molecule has 1 aromatic rings. The van der Waals surface area contributed by atoms with Crippen molar-refractivity contribution in [3.05, 3.63) is 23.3 Å². The maximum absolute atomic E-state index is 11.4. The predicted octanol–water partition coefficient (Wildman–Crippen LogP) is 2.25. The van der Waals surface area contributed by atoms with Crippen LogP contribution in [-0.2, 0) is 6.42 Å². The third-order valence-corrected chi connectivity index (χ3v) is 2.53. The lowest BCUT2D eigenvalue weighted by Crippen LogP contribution is -1.96. The first-order valence-corrected chi connectivity index (χ1v) is 4.54. The van der Waals surface area contributed by atoms with Gasteiger partial charge >= 0.3 is 0 Å². The number of benzene rings is 1. The highest BCUT2D eigenvalue weighted by molar-refractivity contribution is 6.01. The maximum atomic E-state index is 11.4. The zero-order chi connectivity index (χ0) is 10.1. The monoisotopic (exact) mass is 228 g/mol. The molecule has 0 N–H and O–H groups in total. The van der Waals surface area contributed by atoms with Gasteiger partial charge in [-0.3, -0.25) is 4.79 Å². The Hall–Kier alpha value is -1.22. The molecule has 3 nitrogen and oxygen atoms in total. The van der Waals surface area contributed by atoms with Crippen molar-refractivity contribution in [3.63, 3.8) is 0 Å². The Labute approximate surface area is 94.8 Å². The second-order valence-corrected chi connectivity index (χ2v) is 3.29. The van der Waals surface area contributed by atoms with Gasteiger partial charge in [-0.05, 0) is 24.1 Å². The van der Waals surface area contributed by atoms with Crippen LogP contribution in [0.4, 0.5) is 0 Å². The summed E-state index contributed by atoms with van der Waals surface area (Å²) in [6.45, 7) is 0. The number of halogens is 1. The molecule has 0 saturated heterocycles. The van der Waals surface area contributed by atoms with Gasteiger partial charge in [-0.25, -0.2) is 0 Å². The Balaban J connectivity index is 0.00000112. The molecule has 0 heterocycles. The van der Waals surface area contributed by atoms with Gasteiger partial charge in [-0.1, -0.05) is 0 Å². The molecule has 0 bridgehead atoms. The van der Waals surface area contributed by atoms with Crippen LogP contribution in [0.15, 0.2) is 12.1 Å². The lowest BCUT2D eigenvalue weighted by Gasteiger charge is -2.09. The Morgan fingerprint density at radius 2 is 1.67 bits per heavy atom. The van der Waals surface area contributed by atoms with E-state index in [0.717, 1.165) is 17.5 Å². The van der Waals surface area contributed by atoms with Crippen molar-refractivity contribution in [2.45, 2.75) is 12.8 Å². The fourth-order valence-corrected chi connectivity index (χ4v) is 1.77. The van der Waals surface area contributed by atoms with Crippen molar-refractivity contribution in [3.8, 4) is 11.5 Å². The van der Waals surface area contributed by atoms with Gasteiger partial charge in [0.1, 0.15) is 0 Å². The largest absolute Gasteiger partial charge is 0.493 e. The number of carbonyl (C=O) groups excluding carboxylic acids is 1. The highest BCUT2D eigenvalue weighted by atomic mass is 35.5. The van der Waals surface area contributed by atoms with Crippen LogP contribution in [-0.4, -0.2) is 20.0 Å². The summed E-state index contributed by atoms with van der Waals surface area (Å²) in [5.41, 5.74) is 1.84. The Bertz CT molecular complexity index is 388. The van der Waals surface area contributed by atoms with Gasteiger partial charge in [-0.2, -0.15) is 0 Å². The molecule has 0 amide bonds. The molecule has 0 fully saturated rings. The van der Waals surface area contributed by atoms with Gasteiger partial charge in [0.05, 0.1) is 14.2 Å². The molecule has 0 spiro atoms. The highest BCUT2D eigenvalue weighted by Gasteiger charge is 2.22. The summed E-state index contributed by atoms with van der Waals surface area (Å²) >= 11 is 0. The molecule has 4 heteroatoms. The Morgan fingerprint density at radius 3 is 2.27 bits per heavy atom. The van der Waals surface area contributed by atoms with Crippen molar-refractivity contribution in [1.29, 1.82) is 0 Å². The molecular formula is C11H13ClO3. The standard InChI is InChI=1S/C11H12O3.ClH/c1-13-10-5-7-3-4-9(12)8(7)6-11(10)14-2;/h5-6H,3-4H2,1-2H3;1H. The lowest BCUT2D eigenvalue weighted by atomic mass is 10.1. The molecule has 15 heavy (non-hydrogen) atoms. The molecule has 0 unspecified atom stereocenters.